The molecule has 0 radical (unpaired) electrons. The highest BCUT2D eigenvalue weighted by Crippen LogP contribution is 2.15. The molecule has 0 aromatic heterocycles. The van der Waals surface area contributed by atoms with Crippen LogP contribution in [0.5, 0.6) is 0 Å². The minimum Gasteiger partial charge on any atom is -0.382 e. The SMILES string of the molecule is CCNC(=NCCCOCC)NCCS(=O)(=O)C(C)(C)C. The normalized spacial score (nSPS) is 13.3. The lowest BCUT2D eigenvalue weighted by atomic mass is 10.3. The van der Waals surface area contributed by atoms with Gasteiger partial charge in [-0.3, -0.25) is 4.99 Å². The summed E-state index contributed by atoms with van der Waals surface area (Å²) in [5.41, 5.74) is 0. The molecule has 0 saturated heterocycles. The van der Waals surface area contributed by atoms with Crippen molar-refractivity contribution in [2.24, 2.45) is 4.99 Å². The largest absolute Gasteiger partial charge is 0.382 e. The van der Waals surface area contributed by atoms with Gasteiger partial charge in [-0.1, -0.05) is 0 Å². The number of nitrogens with zero attached hydrogens (tertiary/aromatic N) is 1. The molecule has 0 amide bonds. The lowest BCUT2D eigenvalue weighted by Crippen LogP contribution is -2.41. The third-order valence-corrected chi connectivity index (χ3v) is 5.47. The van der Waals surface area contributed by atoms with Gasteiger partial charge < -0.3 is 15.4 Å². The minimum atomic E-state index is -3.11. The van der Waals surface area contributed by atoms with Crippen LogP contribution in [0.1, 0.15) is 41.0 Å². The van der Waals surface area contributed by atoms with Crippen LogP contribution in [0.3, 0.4) is 0 Å². The van der Waals surface area contributed by atoms with Crippen LogP contribution in [0.15, 0.2) is 4.99 Å². The van der Waals surface area contributed by atoms with Crippen molar-refractivity contribution in [1.29, 1.82) is 0 Å². The smallest absolute Gasteiger partial charge is 0.191 e. The average molecular weight is 321 g/mol. The van der Waals surface area contributed by atoms with Gasteiger partial charge >= 0.3 is 0 Å². The molecule has 0 aliphatic carbocycles. The van der Waals surface area contributed by atoms with E-state index in [0.717, 1.165) is 13.0 Å². The van der Waals surface area contributed by atoms with Crippen LogP contribution in [-0.4, -0.2) is 57.7 Å². The highest BCUT2D eigenvalue weighted by Gasteiger charge is 2.28. The first-order valence-electron chi connectivity index (χ1n) is 7.56. The molecule has 2 N–H and O–H groups in total. The zero-order valence-electron chi connectivity index (χ0n) is 14.0. The van der Waals surface area contributed by atoms with E-state index in [1.54, 1.807) is 20.8 Å². The number of sulfone groups is 1. The van der Waals surface area contributed by atoms with Crippen molar-refractivity contribution < 1.29 is 13.2 Å². The molecule has 0 saturated carbocycles. The van der Waals surface area contributed by atoms with Crippen molar-refractivity contribution >= 4 is 15.8 Å². The molecule has 0 rings (SSSR count). The summed E-state index contributed by atoms with van der Waals surface area (Å²) < 4.78 is 28.5. The molecule has 21 heavy (non-hydrogen) atoms. The fraction of sp³-hybridized carbons (Fsp3) is 0.929. The Labute approximate surface area is 129 Å². The molecule has 0 fully saturated rings. The topological polar surface area (TPSA) is 79.8 Å². The molecule has 0 aliphatic rings. The molecule has 126 valence electrons. The van der Waals surface area contributed by atoms with Crippen LogP contribution in [0, 0.1) is 0 Å². The maximum Gasteiger partial charge on any atom is 0.191 e. The standard InChI is InChI=1S/C14H31N3O3S/c1-6-15-13(16-9-8-11-20-7-2)17-10-12-21(18,19)14(3,4)5/h6-12H2,1-5H3,(H2,15,16,17). The van der Waals surface area contributed by atoms with E-state index in [9.17, 15) is 8.42 Å². The fourth-order valence-electron chi connectivity index (χ4n) is 1.45. The molecule has 6 nitrogen and oxygen atoms in total. The zero-order valence-corrected chi connectivity index (χ0v) is 14.8. The van der Waals surface area contributed by atoms with Gasteiger partial charge in [0.05, 0.1) is 10.5 Å². The minimum absolute atomic E-state index is 0.0971. The van der Waals surface area contributed by atoms with E-state index in [1.165, 1.54) is 0 Å². The number of ether oxygens (including phenoxy) is 1. The molecule has 0 aromatic carbocycles. The van der Waals surface area contributed by atoms with E-state index < -0.39 is 14.6 Å². The number of nitrogens with one attached hydrogen (secondary N) is 2. The highest BCUT2D eigenvalue weighted by molar-refractivity contribution is 7.92. The molecule has 0 aliphatic heterocycles. The quantitative estimate of drug-likeness (QED) is 0.379. The summed E-state index contributed by atoms with van der Waals surface area (Å²) in [5.74, 6) is 0.748. The molecule has 0 unspecified atom stereocenters. The Balaban J connectivity index is 4.24. The molecule has 0 bridgehead atoms. The molecule has 0 aromatic rings. The van der Waals surface area contributed by atoms with Gasteiger partial charge in [-0.25, -0.2) is 8.42 Å². The monoisotopic (exact) mass is 321 g/mol. The molecule has 0 heterocycles. The summed E-state index contributed by atoms with van der Waals surface area (Å²) in [6.07, 6.45) is 0.852. The van der Waals surface area contributed by atoms with Crippen molar-refractivity contribution in [1.82, 2.24) is 10.6 Å². The van der Waals surface area contributed by atoms with E-state index in [-0.39, 0.29) is 5.75 Å². The van der Waals surface area contributed by atoms with Gasteiger partial charge in [0, 0.05) is 32.8 Å². The number of hydrogen-bond donors (Lipinski definition) is 2. The first-order chi connectivity index (χ1) is 9.74. The van der Waals surface area contributed by atoms with Crippen LogP contribution in [-0.2, 0) is 14.6 Å². The van der Waals surface area contributed by atoms with Gasteiger partial charge in [-0.05, 0) is 41.0 Å². The summed E-state index contributed by atoms with van der Waals surface area (Å²) in [5, 5.41) is 6.16. The van der Waals surface area contributed by atoms with Crippen molar-refractivity contribution in [2.75, 3.05) is 38.6 Å². The van der Waals surface area contributed by atoms with Crippen molar-refractivity contribution in [3.63, 3.8) is 0 Å². The predicted octanol–water partition coefficient (Wildman–Crippen LogP) is 1.18. The van der Waals surface area contributed by atoms with Crippen LogP contribution >= 0.6 is 0 Å². The molecular formula is C14H31N3O3S. The number of rotatable bonds is 9. The van der Waals surface area contributed by atoms with E-state index in [0.29, 0.717) is 32.3 Å². The van der Waals surface area contributed by atoms with Crippen LogP contribution < -0.4 is 10.6 Å². The summed E-state index contributed by atoms with van der Waals surface area (Å²) in [6, 6.07) is 0. The summed E-state index contributed by atoms with van der Waals surface area (Å²) in [7, 11) is -3.11. The maximum atomic E-state index is 12.0. The van der Waals surface area contributed by atoms with Gasteiger partial charge in [0.1, 0.15) is 0 Å². The second-order valence-corrected chi connectivity index (χ2v) is 8.53. The van der Waals surface area contributed by atoms with Crippen LogP contribution in [0.25, 0.3) is 0 Å². The summed E-state index contributed by atoms with van der Waals surface area (Å²) >= 11 is 0. The Morgan fingerprint density at radius 1 is 1.19 bits per heavy atom. The third-order valence-electron chi connectivity index (χ3n) is 2.86. The lowest BCUT2D eigenvalue weighted by Gasteiger charge is -2.19. The number of guanidine groups is 1. The number of aliphatic imine (C=N–C) groups is 1. The van der Waals surface area contributed by atoms with Crippen molar-refractivity contribution in [3.8, 4) is 0 Å². The number of hydrogen-bond acceptors (Lipinski definition) is 4. The second-order valence-electron chi connectivity index (χ2n) is 5.67. The van der Waals surface area contributed by atoms with Crippen molar-refractivity contribution in [3.05, 3.63) is 0 Å². The zero-order chi connectivity index (χ0) is 16.4. The molecule has 0 spiro atoms. The highest BCUT2D eigenvalue weighted by atomic mass is 32.2. The first kappa shape index (κ1) is 20.2. The Morgan fingerprint density at radius 2 is 1.86 bits per heavy atom. The van der Waals surface area contributed by atoms with Crippen LogP contribution in [0.2, 0.25) is 0 Å². The van der Waals surface area contributed by atoms with E-state index >= 15 is 0 Å². The first-order valence-corrected chi connectivity index (χ1v) is 9.22. The second kappa shape index (κ2) is 10.00. The van der Waals surface area contributed by atoms with E-state index in [1.807, 2.05) is 13.8 Å². The third kappa shape index (κ3) is 8.93. The van der Waals surface area contributed by atoms with Gasteiger partial charge in [0.2, 0.25) is 0 Å². The van der Waals surface area contributed by atoms with Gasteiger partial charge in [0.15, 0.2) is 15.8 Å². The predicted molar refractivity (Wildman–Crippen MR) is 88.6 cm³/mol. The fourth-order valence-corrected chi connectivity index (χ4v) is 2.44. The average Bonchev–Trinajstić information content (AvgIpc) is 2.37. The maximum absolute atomic E-state index is 12.0. The van der Waals surface area contributed by atoms with E-state index in [4.69, 9.17) is 4.74 Å². The molecule has 0 atom stereocenters. The lowest BCUT2D eigenvalue weighted by molar-refractivity contribution is 0.146. The van der Waals surface area contributed by atoms with Gasteiger partial charge in [-0.2, -0.15) is 0 Å². The Kier molecular flexibility index (Phi) is 9.61. The Bertz CT molecular complexity index is 400. The van der Waals surface area contributed by atoms with Gasteiger partial charge in [0.25, 0.3) is 0 Å². The van der Waals surface area contributed by atoms with E-state index in [2.05, 4.69) is 15.6 Å². The molecular weight excluding hydrogens is 290 g/mol. The summed E-state index contributed by atoms with van der Waals surface area (Å²) in [4.78, 5) is 4.39. The Morgan fingerprint density at radius 3 is 2.38 bits per heavy atom. The Hall–Kier alpha value is -0.820. The van der Waals surface area contributed by atoms with Gasteiger partial charge in [-0.15, -0.1) is 0 Å². The summed E-state index contributed by atoms with van der Waals surface area (Å²) in [6.45, 7) is 12.2. The van der Waals surface area contributed by atoms with Crippen LogP contribution in [0.4, 0.5) is 0 Å². The van der Waals surface area contributed by atoms with Crippen molar-refractivity contribution in [2.45, 2.75) is 45.8 Å². The molecule has 7 heteroatoms.